The molecule has 2 saturated carbocycles. The third-order valence-electron chi connectivity index (χ3n) is 4.72. The molecule has 1 heterocycles. The Labute approximate surface area is 109 Å². The van der Waals surface area contributed by atoms with Crippen molar-refractivity contribution in [1.82, 2.24) is 4.72 Å². The zero-order chi connectivity index (χ0) is 12.8. The average Bonchev–Trinajstić information content (AvgIpc) is 2.90. The minimum atomic E-state index is -3.21. The third-order valence-corrected chi connectivity index (χ3v) is 6.67. The first-order valence-corrected chi connectivity index (χ1v) is 8.52. The molecule has 1 saturated heterocycles. The summed E-state index contributed by atoms with van der Waals surface area (Å²) in [5, 5.41) is -0.215. The highest BCUT2D eigenvalue weighted by atomic mass is 32.2. The van der Waals surface area contributed by atoms with Crippen LogP contribution in [0.25, 0.3) is 0 Å². The van der Waals surface area contributed by atoms with Gasteiger partial charge in [0, 0.05) is 18.6 Å². The summed E-state index contributed by atoms with van der Waals surface area (Å²) in [5.74, 6) is 0.343. The van der Waals surface area contributed by atoms with Crippen molar-refractivity contribution in [3.8, 4) is 0 Å². The SMILES string of the molecule is NC1C2CCCOC2C1NS(=O)(=O)C1CCCC1. The highest BCUT2D eigenvalue weighted by Crippen LogP contribution is 2.38. The quantitative estimate of drug-likeness (QED) is 0.778. The molecule has 3 rings (SSSR count). The van der Waals surface area contributed by atoms with Crippen LogP contribution in [0.15, 0.2) is 0 Å². The second-order valence-corrected chi connectivity index (χ2v) is 7.81. The van der Waals surface area contributed by atoms with Crippen LogP contribution in [0.5, 0.6) is 0 Å². The van der Waals surface area contributed by atoms with E-state index in [4.69, 9.17) is 10.5 Å². The van der Waals surface area contributed by atoms with Crippen LogP contribution in [0.1, 0.15) is 38.5 Å². The highest BCUT2D eigenvalue weighted by molar-refractivity contribution is 7.90. The fourth-order valence-corrected chi connectivity index (χ4v) is 5.39. The third kappa shape index (κ3) is 2.09. The zero-order valence-corrected chi connectivity index (χ0v) is 11.4. The van der Waals surface area contributed by atoms with Crippen LogP contribution in [-0.2, 0) is 14.8 Å². The lowest BCUT2D eigenvalue weighted by molar-refractivity contribution is -0.114. The number of ether oxygens (including phenoxy) is 1. The number of nitrogens with two attached hydrogens (primary N) is 1. The van der Waals surface area contributed by atoms with Gasteiger partial charge in [-0.15, -0.1) is 0 Å². The van der Waals surface area contributed by atoms with E-state index in [0.717, 1.165) is 45.1 Å². The van der Waals surface area contributed by atoms with E-state index < -0.39 is 10.0 Å². The molecule has 1 aliphatic heterocycles. The molecule has 0 spiro atoms. The van der Waals surface area contributed by atoms with Gasteiger partial charge in [0.2, 0.25) is 10.0 Å². The molecule has 0 radical (unpaired) electrons. The topological polar surface area (TPSA) is 81.4 Å². The van der Waals surface area contributed by atoms with Gasteiger partial charge in [-0.25, -0.2) is 13.1 Å². The van der Waals surface area contributed by atoms with E-state index in [9.17, 15) is 8.42 Å². The Morgan fingerprint density at radius 2 is 1.83 bits per heavy atom. The van der Waals surface area contributed by atoms with Crippen molar-refractivity contribution >= 4 is 10.0 Å². The van der Waals surface area contributed by atoms with Gasteiger partial charge in [-0.3, -0.25) is 0 Å². The summed E-state index contributed by atoms with van der Waals surface area (Å²) in [6.45, 7) is 0.732. The van der Waals surface area contributed by atoms with Crippen molar-refractivity contribution in [3.63, 3.8) is 0 Å². The molecule has 5 nitrogen and oxygen atoms in total. The van der Waals surface area contributed by atoms with Gasteiger partial charge in [0.15, 0.2) is 0 Å². The van der Waals surface area contributed by atoms with Gasteiger partial charge in [-0.2, -0.15) is 0 Å². The monoisotopic (exact) mass is 274 g/mol. The van der Waals surface area contributed by atoms with E-state index in [1.165, 1.54) is 0 Å². The molecule has 3 N–H and O–H groups in total. The first-order chi connectivity index (χ1) is 8.59. The molecule has 3 fully saturated rings. The van der Waals surface area contributed by atoms with E-state index in [-0.39, 0.29) is 23.4 Å². The summed E-state index contributed by atoms with van der Waals surface area (Å²) in [6.07, 6.45) is 5.71. The smallest absolute Gasteiger partial charge is 0.214 e. The van der Waals surface area contributed by atoms with Gasteiger partial charge >= 0.3 is 0 Å². The van der Waals surface area contributed by atoms with Crippen LogP contribution >= 0.6 is 0 Å². The lowest BCUT2D eigenvalue weighted by Crippen LogP contribution is -2.72. The van der Waals surface area contributed by atoms with Crippen LogP contribution in [-0.4, -0.2) is 38.5 Å². The number of hydrogen-bond donors (Lipinski definition) is 2. The van der Waals surface area contributed by atoms with Crippen LogP contribution in [0.4, 0.5) is 0 Å². The number of rotatable bonds is 3. The number of hydrogen-bond acceptors (Lipinski definition) is 4. The van der Waals surface area contributed by atoms with E-state index in [0.29, 0.717) is 5.92 Å². The Bertz CT molecular complexity index is 406. The molecule has 6 heteroatoms. The molecule has 4 unspecified atom stereocenters. The molecule has 3 aliphatic rings. The lowest BCUT2D eigenvalue weighted by Gasteiger charge is -2.52. The fraction of sp³-hybridized carbons (Fsp3) is 1.00. The molecule has 0 aromatic carbocycles. The Morgan fingerprint density at radius 1 is 1.11 bits per heavy atom. The summed E-state index contributed by atoms with van der Waals surface area (Å²) < 4.78 is 32.9. The second-order valence-electron chi connectivity index (χ2n) is 5.81. The summed E-state index contributed by atoms with van der Waals surface area (Å²) in [7, 11) is -3.21. The first-order valence-electron chi connectivity index (χ1n) is 6.98. The summed E-state index contributed by atoms with van der Waals surface area (Å²) >= 11 is 0. The Hall–Kier alpha value is -0.170. The Morgan fingerprint density at radius 3 is 2.56 bits per heavy atom. The van der Waals surface area contributed by atoms with Gasteiger partial charge in [0.05, 0.1) is 17.4 Å². The fourth-order valence-electron chi connectivity index (χ4n) is 3.58. The van der Waals surface area contributed by atoms with E-state index in [1.807, 2.05) is 0 Å². The van der Waals surface area contributed by atoms with Crippen LogP contribution in [0.3, 0.4) is 0 Å². The molecule has 0 amide bonds. The average molecular weight is 274 g/mol. The zero-order valence-electron chi connectivity index (χ0n) is 10.5. The predicted molar refractivity (Wildman–Crippen MR) is 68.5 cm³/mol. The minimum Gasteiger partial charge on any atom is -0.376 e. The maximum atomic E-state index is 12.2. The second kappa shape index (κ2) is 4.74. The largest absolute Gasteiger partial charge is 0.376 e. The Kier molecular flexibility index (Phi) is 3.38. The van der Waals surface area contributed by atoms with Crippen molar-refractivity contribution in [2.45, 2.75) is 62.0 Å². The van der Waals surface area contributed by atoms with Gasteiger partial charge in [-0.1, -0.05) is 12.8 Å². The van der Waals surface area contributed by atoms with E-state index in [1.54, 1.807) is 0 Å². The first kappa shape index (κ1) is 12.8. The molecule has 0 aromatic rings. The molecule has 2 aliphatic carbocycles. The molecule has 4 atom stereocenters. The maximum Gasteiger partial charge on any atom is 0.214 e. The van der Waals surface area contributed by atoms with E-state index >= 15 is 0 Å². The van der Waals surface area contributed by atoms with Gasteiger partial charge in [0.1, 0.15) is 0 Å². The summed E-state index contributed by atoms with van der Waals surface area (Å²) in [5.41, 5.74) is 6.08. The maximum absolute atomic E-state index is 12.2. The standard InChI is InChI=1S/C12H22N2O3S/c13-10-9-6-3-7-17-12(9)11(10)14-18(15,16)8-4-1-2-5-8/h8-12,14H,1-7,13H2. The molecule has 104 valence electrons. The van der Waals surface area contributed by atoms with Crippen LogP contribution < -0.4 is 10.5 Å². The summed E-state index contributed by atoms with van der Waals surface area (Å²) in [4.78, 5) is 0. The minimum absolute atomic E-state index is 0.00456. The van der Waals surface area contributed by atoms with Gasteiger partial charge < -0.3 is 10.5 Å². The normalized spacial score (nSPS) is 41.4. The van der Waals surface area contributed by atoms with Crippen LogP contribution in [0, 0.1) is 5.92 Å². The van der Waals surface area contributed by atoms with Crippen molar-refractivity contribution < 1.29 is 13.2 Å². The van der Waals surface area contributed by atoms with Gasteiger partial charge in [-0.05, 0) is 25.7 Å². The summed E-state index contributed by atoms with van der Waals surface area (Å²) in [6, 6.07) is -0.285. The lowest BCUT2D eigenvalue weighted by atomic mass is 9.69. The van der Waals surface area contributed by atoms with E-state index in [2.05, 4.69) is 4.72 Å². The predicted octanol–water partition coefficient (Wildman–Crippen LogP) is 0.353. The van der Waals surface area contributed by atoms with Crippen molar-refractivity contribution in [2.75, 3.05) is 6.61 Å². The van der Waals surface area contributed by atoms with Crippen molar-refractivity contribution in [3.05, 3.63) is 0 Å². The Balaban J connectivity index is 1.65. The highest BCUT2D eigenvalue weighted by Gasteiger charge is 2.52. The van der Waals surface area contributed by atoms with Crippen molar-refractivity contribution in [2.24, 2.45) is 11.7 Å². The van der Waals surface area contributed by atoms with Gasteiger partial charge in [0.25, 0.3) is 0 Å². The molecular weight excluding hydrogens is 252 g/mol. The molecule has 18 heavy (non-hydrogen) atoms. The van der Waals surface area contributed by atoms with Crippen LogP contribution in [0.2, 0.25) is 0 Å². The van der Waals surface area contributed by atoms with Crippen molar-refractivity contribution in [1.29, 1.82) is 0 Å². The molecular formula is C12H22N2O3S. The molecule has 0 bridgehead atoms. The number of fused-ring (bicyclic) bond motifs is 1. The molecule has 0 aromatic heterocycles. The number of nitrogens with one attached hydrogen (secondary N) is 1. The number of sulfonamides is 1.